The van der Waals surface area contributed by atoms with E-state index in [1.165, 1.54) is 25.1 Å². The molecule has 1 heterocycles. The molecule has 1 aromatic rings. The third-order valence-electron chi connectivity index (χ3n) is 3.51. The van der Waals surface area contributed by atoms with Crippen molar-refractivity contribution in [3.8, 4) is 12.8 Å². The normalized spacial score (nSPS) is 24.4. The average Bonchev–Trinajstić information content (AvgIpc) is 2.41. The Labute approximate surface area is 112 Å². The van der Waals surface area contributed by atoms with E-state index in [0.717, 1.165) is 11.8 Å². The highest BCUT2D eigenvalue weighted by molar-refractivity contribution is 5.49. The Morgan fingerprint density at radius 1 is 1.22 bits per heavy atom. The third kappa shape index (κ3) is 4.39. The number of terminal acetylenes is 1. The summed E-state index contributed by atoms with van der Waals surface area (Å²) in [5, 5.41) is 0. The van der Waals surface area contributed by atoms with Gasteiger partial charge in [-0.25, -0.2) is 0 Å². The van der Waals surface area contributed by atoms with Gasteiger partial charge in [0.25, 0.3) is 0 Å². The highest BCUT2D eigenvalue weighted by Gasteiger charge is 2.21. The first-order valence-electron chi connectivity index (χ1n) is 6.51. The molecule has 0 saturated carbocycles. The smallest absolute Gasteiger partial charge is 0.000961 e. The van der Waals surface area contributed by atoms with Crippen molar-refractivity contribution >= 4 is 6.08 Å². The molecule has 1 unspecified atom stereocenters. The molecular formula is C17H23N. The Balaban J connectivity index is 0.000000771. The molecule has 2 atom stereocenters. The van der Waals surface area contributed by atoms with Crippen LogP contribution < -0.4 is 0 Å². The molecule has 1 saturated heterocycles. The molecule has 1 aliphatic heterocycles. The zero-order chi connectivity index (χ0) is 13.4. The van der Waals surface area contributed by atoms with E-state index in [1.54, 1.807) is 0 Å². The van der Waals surface area contributed by atoms with Crippen LogP contribution in [-0.2, 0) is 0 Å². The van der Waals surface area contributed by atoms with Crippen molar-refractivity contribution in [3.63, 3.8) is 0 Å². The van der Waals surface area contributed by atoms with Gasteiger partial charge in [-0.15, -0.1) is 12.8 Å². The summed E-state index contributed by atoms with van der Waals surface area (Å²) in [6.07, 6.45) is 14.0. The zero-order valence-corrected chi connectivity index (χ0v) is 11.4. The van der Waals surface area contributed by atoms with Gasteiger partial charge in [0.2, 0.25) is 0 Å². The number of rotatable bonds is 2. The van der Waals surface area contributed by atoms with Crippen molar-refractivity contribution in [1.29, 1.82) is 0 Å². The second kappa shape index (κ2) is 7.74. The van der Waals surface area contributed by atoms with Crippen LogP contribution in [0.15, 0.2) is 36.4 Å². The van der Waals surface area contributed by atoms with E-state index in [-0.39, 0.29) is 0 Å². The van der Waals surface area contributed by atoms with Gasteiger partial charge >= 0.3 is 0 Å². The summed E-state index contributed by atoms with van der Waals surface area (Å²) in [6, 6.07) is 10.6. The maximum absolute atomic E-state index is 4.00. The molecule has 1 aliphatic rings. The molecule has 0 radical (unpaired) electrons. The highest BCUT2D eigenvalue weighted by atomic mass is 15.1. The van der Waals surface area contributed by atoms with Gasteiger partial charge in [-0.1, -0.05) is 49.4 Å². The van der Waals surface area contributed by atoms with Crippen molar-refractivity contribution in [2.45, 2.75) is 13.3 Å². The Morgan fingerprint density at radius 3 is 2.50 bits per heavy atom. The van der Waals surface area contributed by atoms with Crippen molar-refractivity contribution in [1.82, 2.24) is 4.90 Å². The summed E-state index contributed by atoms with van der Waals surface area (Å²) in [5.74, 6) is 1.52. The van der Waals surface area contributed by atoms with Gasteiger partial charge in [0.05, 0.1) is 0 Å². The summed E-state index contributed by atoms with van der Waals surface area (Å²) in [4.78, 5) is 2.43. The van der Waals surface area contributed by atoms with Gasteiger partial charge < -0.3 is 4.90 Å². The van der Waals surface area contributed by atoms with Gasteiger partial charge in [-0.05, 0) is 37.4 Å². The average molecular weight is 241 g/mol. The van der Waals surface area contributed by atoms with E-state index in [0.29, 0.717) is 0 Å². The molecule has 96 valence electrons. The van der Waals surface area contributed by atoms with E-state index in [2.05, 4.69) is 74.2 Å². The molecule has 2 rings (SSSR count). The second-order valence-corrected chi connectivity index (χ2v) is 4.96. The highest BCUT2D eigenvalue weighted by Crippen LogP contribution is 2.24. The van der Waals surface area contributed by atoms with Gasteiger partial charge in [-0.2, -0.15) is 0 Å². The molecule has 18 heavy (non-hydrogen) atoms. The second-order valence-electron chi connectivity index (χ2n) is 4.96. The molecule has 1 heteroatoms. The van der Waals surface area contributed by atoms with Crippen molar-refractivity contribution in [3.05, 3.63) is 42.0 Å². The molecule has 0 aromatic heterocycles. The number of hydrogen-bond acceptors (Lipinski definition) is 1. The molecule has 0 spiro atoms. The molecule has 0 aliphatic carbocycles. The first-order valence-corrected chi connectivity index (χ1v) is 6.51. The van der Waals surface area contributed by atoms with Gasteiger partial charge in [0.15, 0.2) is 0 Å². The fourth-order valence-corrected chi connectivity index (χ4v) is 2.46. The van der Waals surface area contributed by atoms with Crippen LogP contribution in [-0.4, -0.2) is 25.0 Å². The molecule has 0 bridgehead atoms. The Hall–Kier alpha value is -1.52. The fraction of sp³-hybridized carbons (Fsp3) is 0.412. The molecular weight excluding hydrogens is 218 g/mol. The van der Waals surface area contributed by atoms with E-state index in [1.807, 2.05) is 0 Å². The van der Waals surface area contributed by atoms with E-state index in [9.17, 15) is 0 Å². The maximum atomic E-state index is 4.00. The minimum atomic E-state index is 0.747. The van der Waals surface area contributed by atoms with E-state index >= 15 is 0 Å². The Kier molecular flexibility index (Phi) is 6.25. The van der Waals surface area contributed by atoms with Crippen LogP contribution in [0.5, 0.6) is 0 Å². The topological polar surface area (TPSA) is 3.24 Å². The van der Waals surface area contributed by atoms with E-state index in [4.69, 9.17) is 0 Å². The largest absolute Gasteiger partial charge is 0.306 e. The summed E-state index contributed by atoms with van der Waals surface area (Å²) in [5.41, 5.74) is 1.31. The molecule has 1 aromatic carbocycles. The van der Waals surface area contributed by atoms with Crippen LogP contribution in [0.25, 0.3) is 6.08 Å². The first-order chi connectivity index (χ1) is 8.75. The zero-order valence-electron chi connectivity index (χ0n) is 11.4. The van der Waals surface area contributed by atoms with Crippen LogP contribution in [0.1, 0.15) is 18.9 Å². The quantitative estimate of drug-likeness (QED) is 0.716. The molecule has 1 nitrogen and oxygen atoms in total. The van der Waals surface area contributed by atoms with Crippen LogP contribution in [0.4, 0.5) is 0 Å². The predicted molar refractivity (Wildman–Crippen MR) is 80.1 cm³/mol. The minimum absolute atomic E-state index is 0.747. The lowest BCUT2D eigenvalue weighted by Gasteiger charge is -2.33. The third-order valence-corrected chi connectivity index (χ3v) is 3.51. The number of hydrogen-bond donors (Lipinski definition) is 0. The first kappa shape index (κ1) is 14.5. The summed E-state index contributed by atoms with van der Waals surface area (Å²) >= 11 is 0. The molecule has 0 N–H and O–H groups in total. The van der Waals surface area contributed by atoms with Crippen LogP contribution in [0.3, 0.4) is 0 Å². The number of likely N-dealkylation sites (tertiary alicyclic amines) is 1. The van der Waals surface area contributed by atoms with Gasteiger partial charge in [-0.3, -0.25) is 0 Å². The van der Waals surface area contributed by atoms with Gasteiger partial charge in [0, 0.05) is 6.54 Å². The SMILES string of the molecule is C#C.C[C@H]1CN(C)CCC1/C=C\c1ccccc1. The Bertz CT molecular complexity index is 377. The maximum Gasteiger partial charge on any atom is 0.000961 e. The van der Waals surface area contributed by atoms with Crippen LogP contribution >= 0.6 is 0 Å². The lowest BCUT2D eigenvalue weighted by Crippen LogP contribution is -2.35. The number of allylic oxidation sites excluding steroid dienone is 1. The number of nitrogens with zero attached hydrogens (tertiary/aromatic N) is 1. The molecule has 0 amide bonds. The summed E-state index contributed by atoms with van der Waals surface area (Å²) < 4.78 is 0. The monoisotopic (exact) mass is 241 g/mol. The predicted octanol–water partition coefficient (Wildman–Crippen LogP) is 3.54. The standard InChI is InChI=1S/C15H21N.C2H2/c1-13-12-16(2)11-10-15(13)9-8-14-6-4-3-5-7-14;1-2/h3-9,13,15H,10-12H2,1-2H3;1-2H/b9-8-;/t13-,15?;/m0./s1. The minimum Gasteiger partial charge on any atom is -0.306 e. The van der Waals surface area contributed by atoms with Crippen LogP contribution in [0, 0.1) is 24.7 Å². The van der Waals surface area contributed by atoms with Gasteiger partial charge in [0.1, 0.15) is 0 Å². The fourth-order valence-electron chi connectivity index (χ4n) is 2.46. The van der Waals surface area contributed by atoms with Crippen molar-refractivity contribution < 1.29 is 0 Å². The summed E-state index contributed by atoms with van der Waals surface area (Å²) in [6.45, 7) is 4.81. The lowest BCUT2D eigenvalue weighted by molar-refractivity contribution is 0.182. The van der Waals surface area contributed by atoms with Crippen molar-refractivity contribution in [2.24, 2.45) is 11.8 Å². The summed E-state index contributed by atoms with van der Waals surface area (Å²) in [7, 11) is 2.22. The van der Waals surface area contributed by atoms with Crippen LogP contribution in [0.2, 0.25) is 0 Å². The number of benzene rings is 1. The number of piperidine rings is 1. The Morgan fingerprint density at radius 2 is 1.89 bits per heavy atom. The molecule has 1 fully saturated rings. The van der Waals surface area contributed by atoms with E-state index < -0.39 is 0 Å². The van der Waals surface area contributed by atoms with Crippen molar-refractivity contribution in [2.75, 3.05) is 20.1 Å². The lowest BCUT2D eigenvalue weighted by atomic mass is 9.86.